The predicted molar refractivity (Wildman–Crippen MR) is 86.1 cm³/mol. The topological polar surface area (TPSA) is 78.5 Å². The molecule has 1 saturated carbocycles. The number of benzene rings is 1. The van der Waals surface area contributed by atoms with Crippen LogP contribution in [-0.2, 0) is 9.59 Å². The number of amides is 4. The number of halogens is 1. The number of carbonyl (C=O) groups excluding carboxylic acids is 3. The molecule has 7 heteroatoms. The van der Waals surface area contributed by atoms with Crippen LogP contribution in [-0.4, -0.2) is 34.3 Å². The summed E-state index contributed by atoms with van der Waals surface area (Å²) in [5, 5.41) is 6.03. The zero-order valence-electron chi connectivity index (χ0n) is 12.8. The molecule has 23 heavy (non-hydrogen) atoms. The molecule has 1 aliphatic heterocycles. The van der Waals surface area contributed by atoms with Gasteiger partial charge in [-0.05, 0) is 44.0 Å². The van der Waals surface area contributed by atoms with Crippen LogP contribution in [0.1, 0.15) is 32.6 Å². The molecule has 4 amide bonds. The van der Waals surface area contributed by atoms with E-state index in [0.29, 0.717) is 23.6 Å². The molecule has 0 bridgehead atoms. The van der Waals surface area contributed by atoms with Gasteiger partial charge in [0, 0.05) is 10.7 Å². The van der Waals surface area contributed by atoms with Crippen molar-refractivity contribution in [2.45, 2.75) is 44.2 Å². The molecule has 122 valence electrons. The van der Waals surface area contributed by atoms with Crippen molar-refractivity contribution in [1.29, 1.82) is 0 Å². The fraction of sp³-hybridized carbons (Fsp3) is 0.438. The molecule has 0 aromatic heterocycles. The average Bonchev–Trinajstić information content (AvgIpc) is 3.07. The minimum atomic E-state index is -0.877. The first-order chi connectivity index (χ1) is 10.9. The normalized spacial score (nSPS) is 20.7. The van der Waals surface area contributed by atoms with Gasteiger partial charge in [0.05, 0.1) is 0 Å². The van der Waals surface area contributed by atoms with Gasteiger partial charge in [-0.1, -0.05) is 24.4 Å². The zero-order chi connectivity index (χ0) is 16.6. The van der Waals surface area contributed by atoms with Crippen molar-refractivity contribution in [2.24, 2.45) is 0 Å². The lowest BCUT2D eigenvalue weighted by Gasteiger charge is -2.23. The number of rotatable bonds is 3. The van der Waals surface area contributed by atoms with Crippen LogP contribution in [0.4, 0.5) is 10.5 Å². The van der Waals surface area contributed by atoms with E-state index in [1.165, 1.54) is 0 Å². The molecule has 6 nitrogen and oxygen atoms in total. The Kier molecular flexibility index (Phi) is 4.02. The molecule has 1 aliphatic carbocycles. The maximum absolute atomic E-state index is 12.6. The van der Waals surface area contributed by atoms with Crippen LogP contribution in [0.5, 0.6) is 0 Å². The van der Waals surface area contributed by atoms with E-state index in [9.17, 15) is 14.4 Å². The lowest BCUT2D eigenvalue weighted by Crippen LogP contribution is -2.48. The van der Waals surface area contributed by atoms with E-state index in [-0.39, 0.29) is 5.91 Å². The Morgan fingerprint density at radius 2 is 1.87 bits per heavy atom. The van der Waals surface area contributed by atoms with Crippen molar-refractivity contribution >= 4 is 35.1 Å². The van der Waals surface area contributed by atoms with E-state index in [0.717, 1.165) is 17.7 Å². The summed E-state index contributed by atoms with van der Waals surface area (Å²) < 4.78 is 0. The molecule has 0 unspecified atom stereocenters. The van der Waals surface area contributed by atoms with E-state index in [1.807, 2.05) is 0 Å². The number of imide groups is 1. The Morgan fingerprint density at radius 3 is 2.48 bits per heavy atom. The number of urea groups is 1. The smallest absolute Gasteiger partial charge is 0.324 e. The van der Waals surface area contributed by atoms with Crippen LogP contribution < -0.4 is 10.6 Å². The van der Waals surface area contributed by atoms with Crippen LogP contribution in [0.15, 0.2) is 24.3 Å². The largest absolute Gasteiger partial charge is 0.325 e. The number of hydrogen-bond acceptors (Lipinski definition) is 3. The summed E-state index contributed by atoms with van der Waals surface area (Å²) in [6.07, 6.45) is 3.09. The highest BCUT2D eigenvalue weighted by Gasteiger charge is 2.54. The van der Waals surface area contributed by atoms with Gasteiger partial charge >= 0.3 is 6.03 Å². The molecule has 2 fully saturated rings. The molecule has 1 atom stereocenters. The molecular formula is C16H18ClN3O3. The van der Waals surface area contributed by atoms with Crippen LogP contribution >= 0.6 is 11.6 Å². The van der Waals surface area contributed by atoms with E-state index in [1.54, 1.807) is 31.2 Å². The fourth-order valence-corrected chi connectivity index (χ4v) is 3.33. The summed E-state index contributed by atoms with van der Waals surface area (Å²) >= 11 is 5.80. The molecule has 0 radical (unpaired) electrons. The van der Waals surface area contributed by atoms with Crippen molar-refractivity contribution in [1.82, 2.24) is 10.2 Å². The molecule has 3 rings (SSSR count). The number of carbonyl (C=O) groups is 3. The Morgan fingerprint density at radius 1 is 1.26 bits per heavy atom. The van der Waals surface area contributed by atoms with Gasteiger partial charge in [-0.2, -0.15) is 0 Å². The number of nitrogens with one attached hydrogen (secondary N) is 2. The van der Waals surface area contributed by atoms with Crippen LogP contribution in [0.3, 0.4) is 0 Å². The lowest BCUT2D eigenvalue weighted by atomic mass is 9.97. The predicted octanol–water partition coefficient (Wildman–Crippen LogP) is 2.53. The summed E-state index contributed by atoms with van der Waals surface area (Å²) in [5.41, 5.74) is -0.236. The minimum absolute atomic E-state index is 0.293. The van der Waals surface area contributed by atoms with Gasteiger partial charge in [0.25, 0.3) is 5.91 Å². The SMILES string of the molecule is C[C@H](C(=O)Nc1ccc(Cl)cc1)N1C(=O)NC2(CCCC2)C1=O. The Labute approximate surface area is 139 Å². The third kappa shape index (κ3) is 2.79. The molecular weight excluding hydrogens is 318 g/mol. The fourth-order valence-electron chi connectivity index (χ4n) is 3.21. The number of hydrogen-bond donors (Lipinski definition) is 2. The summed E-state index contributed by atoms with van der Waals surface area (Å²) in [7, 11) is 0. The average molecular weight is 336 g/mol. The lowest BCUT2D eigenvalue weighted by molar-refractivity contribution is -0.136. The van der Waals surface area contributed by atoms with Gasteiger partial charge in [0.2, 0.25) is 5.91 Å². The maximum Gasteiger partial charge on any atom is 0.325 e. The van der Waals surface area contributed by atoms with E-state index >= 15 is 0 Å². The van der Waals surface area contributed by atoms with Gasteiger partial charge in [-0.25, -0.2) is 9.69 Å². The van der Waals surface area contributed by atoms with Gasteiger partial charge in [-0.3, -0.25) is 9.59 Å². The summed E-state index contributed by atoms with van der Waals surface area (Å²) in [6.45, 7) is 1.55. The molecule has 2 aliphatic rings. The van der Waals surface area contributed by atoms with Gasteiger partial charge in [0.1, 0.15) is 11.6 Å². The Bertz CT molecular complexity index is 653. The quantitative estimate of drug-likeness (QED) is 0.833. The van der Waals surface area contributed by atoms with Crippen LogP contribution in [0.2, 0.25) is 5.02 Å². The Hall–Kier alpha value is -2.08. The highest BCUT2D eigenvalue weighted by molar-refractivity contribution is 6.30. The highest BCUT2D eigenvalue weighted by atomic mass is 35.5. The Balaban J connectivity index is 1.73. The zero-order valence-corrected chi connectivity index (χ0v) is 13.5. The van der Waals surface area contributed by atoms with E-state index in [4.69, 9.17) is 11.6 Å². The third-order valence-corrected chi connectivity index (χ3v) is 4.78. The second-order valence-corrected chi connectivity index (χ2v) is 6.50. The van der Waals surface area contributed by atoms with Gasteiger partial charge in [-0.15, -0.1) is 0 Å². The first-order valence-electron chi connectivity index (χ1n) is 7.65. The molecule has 1 aromatic rings. The van der Waals surface area contributed by atoms with Crippen molar-refractivity contribution in [3.8, 4) is 0 Å². The first-order valence-corrected chi connectivity index (χ1v) is 8.03. The van der Waals surface area contributed by atoms with Gasteiger partial charge in [0.15, 0.2) is 0 Å². The molecule has 1 spiro atoms. The van der Waals surface area contributed by atoms with E-state index < -0.39 is 23.5 Å². The highest BCUT2D eigenvalue weighted by Crippen LogP contribution is 2.35. The molecule has 1 heterocycles. The minimum Gasteiger partial charge on any atom is -0.324 e. The first kappa shape index (κ1) is 15.8. The maximum atomic E-state index is 12.6. The number of nitrogens with zero attached hydrogens (tertiary/aromatic N) is 1. The second-order valence-electron chi connectivity index (χ2n) is 6.07. The van der Waals surface area contributed by atoms with Crippen molar-refractivity contribution in [2.75, 3.05) is 5.32 Å². The standard InChI is InChI=1S/C16H18ClN3O3/c1-10(13(21)18-12-6-4-11(17)5-7-12)20-14(22)16(19-15(20)23)8-2-3-9-16/h4-7,10H,2-3,8-9H2,1H3,(H,18,21)(H,19,23)/t10-/m1/s1. The molecule has 2 N–H and O–H groups in total. The van der Waals surface area contributed by atoms with Crippen molar-refractivity contribution in [3.63, 3.8) is 0 Å². The molecule has 1 saturated heterocycles. The summed E-state index contributed by atoms with van der Waals surface area (Å²) in [4.78, 5) is 38.2. The second kappa shape index (κ2) is 5.85. The summed E-state index contributed by atoms with van der Waals surface area (Å²) in [5.74, 6) is -0.704. The van der Waals surface area contributed by atoms with Gasteiger partial charge < -0.3 is 10.6 Å². The summed E-state index contributed by atoms with van der Waals surface area (Å²) in [6, 6.07) is 5.27. The number of anilines is 1. The molecule has 1 aromatic carbocycles. The van der Waals surface area contributed by atoms with Crippen molar-refractivity contribution in [3.05, 3.63) is 29.3 Å². The van der Waals surface area contributed by atoms with E-state index in [2.05, 4.69) is 10.6 Å². The monoisotopic (exact) mass is 335 g/mol. The third-order valence-electron chi connectivity index (χ3n) is 4.53. The van der Waals surface area contributed by atoms with Crippen LogP contribution in [0.25, 0.3) is 0 Å². The van der Waals surface area contributed by atoms with Crippen LogP contribution in [0, 0.1) is 0 Å². The van der Waals surface area contributed by atoms with Crippen molar-refractivity contribution < 1.29 is 14.4 Å².